The Morgan fingerprint density at radius 2 is 0.885 bits per heavy atom. The van der Waals surface area contributed by atoms with Crippen LogP contribution >= 0.6 is 0 Å². The van der Waals surface area contributed by atoms with Gasteiger partial charge in [-0.2, -0.15) is 57.1 Å². The first-order valence-corrected chi connectivity index (χ1v) is 6.42. The van der Waals surface area contributed by atoms with Crippen molar-refractivity contribution in [2.24, 2.45) is 5.92 Å². The van der Waals surface area contributed by atoms with Crippen LogP contribution in [-0.2, 0) is 0 Å². The van der Waals surface area contributed by atoms with E-state index in [1.807, 2.05) is 0 Å². The quantitative estimate of drug-likeness (QED) is 0.550. The third-order valence-electron chi connectivity index (χ3n) is 3.38. The molecule has 26 heavy (non-hydrogen) atoms. The second-order valence-corrected chi connectivity index (χ2v) is 5.27. The Balaban J connectivity index is 5.92. The fraction of sp³-hybridized carbons (Fsp3) is 1.00. The SMILES string of the molecule is OCC(CO)CCC(F)(F)C(F)(F)C(F)(F)C(F)(F)C(F)(F)C(F)(F)F. The first-order chi connectivity index (χ1) is 11.2. The van der Waals surface area contributed by atoms with Gasteiger partial charge in [-0.25, -0.2) is 0 Å². The lowest BCUT2D eigenvalue weighted by Crippen LogP contribution is -2.70. The van der Waals surface area contributed by atoms with Crippen molar-refractivity contribution in [3.63, 3.8) is 0 Å². The zero-order chi connectivity index (χ0) is 21.4. The van der Waals surface area contributed by atoms with Crippen molar-refractivity contribution in [3.05, 3.63) is 0 Å². The molecule has 0 radical (unpaired) electrons. The fourth-order valence-corrected chi connectivity index (χ4v) is 1.58. The van der Waals surface area contributed by atoms with Crippen LogP contribution < -0.4 is 0 Å². The molecule has 2 N–H and O–H groups in total. The third-order valence-corrected chi connectivity index (χ3v) is 3.38. The molecule has 0 bridgehead atoms. The van der Waals surface area contributed by atoms with E-state index in [2.05, 4.69) is 0 Å². The van der Waals surface area contributed by atoms with Gasteiger partial charge in [0.25, 0.3) is 0 Å². The number of halogens is 13. The molecule has 15 heteroatoms. The van der Waals surface area contributed by atoms with E-state index in [4.69, 9.17) is 10.2 Å². The van der Waals surface area contributed by atoms with Crippen molar-refractivity contribution in [3.8, 4) is 0 Å². The normalized spacial score (nSPS) is 15.7. The second kappa shape index (κ2) is 7.20. The smallest absolute Gasteiger partial charge is 0.396 e. The van der Waals surface area contributed by atoms with Crippen LogP contribution in [0.4, 0.5) is 57.1 Å². The van der Waals surface area contributed by atoms with Crippen molar-refractivity contribution in [1.29, 1.82) is 0 Å². The van der Waals surface area contributed by atoms with E-state index in [1.54, 1.807) is 0 Å². The number of hydrogen-bond acceptors (Lipinski definition) is 2. The Morgan fingerprint density at radius 3 is 1.19 bits per heavy atom. The molecular formula is C11H11F13O2. The number of aliphatic hydroxyl groups excluding tert-OH is 2. The Morgan fingerprint density at radius 1 is 0.538 bits per heavy atom. The maximum atomic E-state index is 13.3. The predicted octanol–water partition coefficient (Wildman–Crippen LogP) is 4.11. The Labute approximate surface area is 136 Å². The molecule has 0 aliphatic rings. The molecule has 0 saturated carbocycles. The third kappa shape index (κ3) is 3.82. The van der Waals surface area contributed by atoms with Crippen molar-refractivity contribution < 1.29 is 67.3 Å². The predicted molar refractivity (Wildman–Crippen MR) is 57.7 cm³/mol. The Hall–Kier alpha value is -0.990. The zero-order valence-corrected chi connectivity index (χ0v) is 12.2. The summed E-state index contributed by atoms with van der Waals surface area (Å²) in [6.45, 7) is -2.23. The number of alkyl halides is 13. The minimum Gasteiger partial charge on any atom is -0.396 e. The summed E-state index contributed by atoms with van der Waals surface area (Å²) in [6.07, 6.45) is -11.2. The first-order valence-electron chi connectivity index (χ1n) is 6.42. The molecule has 0 rings (SSSR count). The molecule has 0 fully saturated rings. The topological polar surface area (TPSA) is 40.5 Å². The molecule has 2 nitrogen and oxygen atoms in total. The minimum absolute atomic E-state index is 1.11. The van der Waals surface area contributed by atoms with Gasteiger partial charge in [-0.3, -0.25) is 0 Å². The van der Waals surface area contributed by atoms with Crippen LogP contribution in [0.3, 0.4) is 0 Å². The van der Waals surface area contributed by atoms with E-state index in [0.29, 0.717) is 0 Å². The molecule has 0 heterocycles. The lowest BCUT2D eigenvalue weighted by molar-refractivity contribution is -0.440. The summed E-state index contributed by atoms with van der Waals surface area (Å²) in [4.78, 5) is 0. The van der Waals surface area contributed by atoms with E-state index in [9.17, 15) is 57.1 Å². The average molecular weight is 422 g/mol. The van der Waals surface area contributed by atoms with E-state index >= 15 is 0 Å². The van der Waals surface area contributed by atoms with Crippen LogP contribution in [0.15, 0.2) is 0 Å². The molecule has 0 aliphatic heterocycles. The van der Waals surface area contributed by atoms with Gasteiger partial charge in [-0.15, -0.1) is 0 Å². The van der Waals surface area contributed by atoms with Crippen LogP contribution in [0.5, 0.6) is 0 Å². The molecule has 158 valence electrons. The fourth-order valence-electron chi connectivity index (χ4n) is 1.58. The largest absolute Gasteiger partial charge is 0.460 e. The highest BCUT2D eigenvalue weighted by molar-refractivity contribution is 5.10. The lowest BCUT2D eigenvalue weighted by Gasteiger charge is -2.40. The van der Waals surface area contributed by atoms with Gasteiger partial charge >= 0.3 is 35.8 Å². The molecule has 0 aromatic rings. The number of aliphatic hydroxyl groups is 2. The highest BCUT2D eigenvalue weighted by Gasteiger charge is 2.90. The summed E-state index contributed by atoms with van der Waals surface area (Å²) in [5.41, 5.74) is 0. The van der Waals surface area contributed by atoms with Gasteiger partial charge in [0.15, 0.2) is 0 Å². The summed E-state index contributed by atoms with van der Waals surface area (Å²) in [5, 5.41) is 17.1. The molecule has 0 atom stereocenters. The number of rotatable bonds is 9. The van der Waals surface area contributed by atoms with Gasteiger partial charge in [0.2, 0.25) is 0 Å². The van der Waals surface area contributed by atoms with Gasteiger partial charge in [0.1, 0.15) is 0 Å². The van der Waals surface area contributed by atoms with E-state index in [1.165, 1.54) is 0 Å². The molecule has 0 saturated heterocycles. The summed E-state index contributed by atoms with van der Waals surface area (Å²) >= 11 is 0. The van der Waals surface area contributed by atoms with Gasteiger partial charge in [0.05, 0.1) is 0 Å². The van der Waals surface area contributed by atoms with Crippen LogP contribution in [-0.4, -0.2) is 59.2 Å². The summed E-state index contributed by atoms with van der Waals surface area (Å²) in [7, 11) is 0. The van der Waals surface area contributed by atoms with Crippen LogP contribution in [0.2, 0.25) is 0 Å². The Bertz CT molecular complexity index is 467. The van der Waals surface area contributed by atoms with Crippen molar-refractivity contribution >= 4 is 0 Å². The maximum absolute atomic E-state index is 13.3. The van der Waals surface area contributed by atoms with Crippen molar-refractivity contribution in [2.75, 3.05) is 13.2 Å². The first kappa shape index (κ1) is 25.0. The maximum Gasteiger partial charge on any atom is 0.460 e. The molecule has 0 aromatic carbocycles. The van der Waals surface area contributed by atoms with Gasteiger partial charge < -0.3 is 10.2 Å². The van der Waals surface area contributed by atoms with Gasteiger partial charge in [-0.05, 0) is 6.42 Å². The molecule has 0 spiro atoms. The van der Waals surface area contributed by atoms with E-state index in [0.717, 1.165) is 0 Å². The molecular weight excluding hydrogens is 411 g/mol. The molecule has 0 aromatic heterocycles. The minimum atomic E-state index is -7.92. The molecule has 0 aliphatic carbocycles. The average Bonchev–Trinajstić information content (AvgIpc) is 2.46. The monoisotopic (exact) mass is 422 g/mol. The highest BCUT2D eigenvalue weighted by atomic mass is 19.4. The highest BCUT2D eigenvalue weighted by Crippen LogP contribution is 2.60. The van der Waals surface area contributed by atoms with Gasteiger partial charge in [-0.1, -0.05) is 0 Å². The van der Waals surface area contributed by atoms with E-state index < -0.39 is 67.8 Å². The molecule has 0 amide bonds. The van der Waals surface area contributed by atoms with Crippen molar-refractivity contribution in [2.45, 2.75) is 48.6 Å². The summed E-state index contributed by atoms with van der Waals surface area (Å²) in [5.74, 6) is -38.6. The lowest BCUT2D eigenvalue weighted by atomic mass is 9.90. The summed E-state index contributed by atoms with van der Waals surface area (Å²) in [6, 6.07) is 0. The van der Waals surface area contributed by atoms with E-state index in [-0.39, 0.29) is 0 Å². The standard InChI is InChI=1S/C11H11F13O2/c12-6(13,2-1-5(3-25)4-26)7(14,15)8(16,17)9(18,19)10(20,21)11(22,23)24/h5,25-26H,1-4H2. The Kier molecular flexibility index (Phi) is 6.93. The van der Waals surface area contributed by atoms with Crippen LogP contribution in [0.25, 0.3) is 0 Å². The van der Waals surface area contributed by atoms with Crippen LogP contribution in [0, 0.1) is 5.92 Å². The van der Waals surface area contributed by atoms with Crippen LogP contribution in [0.1, 0.15) is 12.8 Å². The number of hydrogen-bond donors (Lipinski definition) is 2. The molecule has 0 unspecified atom stereocenters. The van der Waals surface area contributed by atoms with Crippen molar-refractivity contribution in [1.82, 2.24) is 0 Å². The summed E-state index contributed by atoms with van der Waals surface area (Å²) < 4.78 is 166. The second-order valence-electron chi connectivity index (χ2n) is 5.27. The zero-order valence-electron chi connectivity index (χ0n) is 12.2. The van der Waals surface area contributed by atoms with Gasteiger partial charge in [0, 0.05) is 25.6 Å².